The number of carbonyl (C=O) groups is 1. The molecule has 1 aliphatic rings. The Labute approximate surface area is 193 Å². The summed E-state index contributed by atoms with van der Waals surface area (Å²) in [7, 11) is 0. The van der Waals surface area contributed by atoms with Gasteiger partial charge < -0.3 is 19.7 Å². The highest BCUT2D eigenvalue weighted by molar-refractivity contribution is 7.99. The van der Waals surface area contributed by atoms with Crippen LogP contribution in [0.5, 0.6) is 0 Å². The molecule has 0 radical (unpaired) electrons. The summed E-state index contributed by atoms with van der Waals surface area (Å²) in [6.07, 6.45) is 5.53. The molecule has 4 rings (SSSR count). The van der Waals surface area contributed by atoms with Crippen LogP contribution in [0, 0.1) is 0 Å². The van der Waals surface area contributed by atoms with Gasteiger partial charge in [-0.1, -0.05) is 24.1 Å². The zero-order valence-electron chi connectivity index (χ0n) is 19.1. The number of anilines is 3. The normalized spacial score (nSPS) is 16.8. The summed E-state index contributed by atoms with van der Waals surface area (Å²) in [5.41, 5.74) is 3.60. The summed E-state index contributed by atoms with van der Waals surface area (Å²) in [5, 5.41) is 8.83. The van der Waals surface area contributed by atoms with Crippen molar-refractivity contribution in [3.05, 3.63) is 48.7 Å². The van der Waals surface area contributed by atoms with E-state index in [4.69, 9.17) is 4.74 Å². The molecule has 2 N–H and O–H groups in total. The number of nitrogens with zero attached hydrogens (tertiary/aromatic N) is 3. The summed E-state index contributed by atoms with van der Waals surface area (Å²) in [6, 6.07) is 14.8. The Morgan fingerprint density at radius 1 is 1.22 bits per heavy atom. The van der Waals surface area contributed by atoms with Crippen LogP contribution in [0.3, 0.4) is 0 Å². The number of benzene rings is 2. The fraction of sp³-hybridized carbons (Fsp3) is 0.417. The van der Waals surface area contributed by atoms with Gasteiger partial charge in [0.05, 0.1) is 23.1 Å². The molecule has 0 saturated carbocycles. The number of nitrogens with one attached hydrogen (secondary N) is 2. The minimum atomic E-state index is -0.562. The summed E-state index contributed by atoms with van der Waals surface area (Å²) in [5.74, 6) is 0. The molecule has 7 nitrogen and oxygen atoms in total. The van der Waals surface area contributed by atoms with Gasteiger partial charge >= 0.3 is 6.09 Å². The third kappa shape index (κ3) is 5.12. The van der Waals surface area contributed by atoms with Crippen molar-refractivity contribution in [1.29, 1.82) is 0 Å². The number of piperidine rings is 1. The van der Waals surface area contributed by atoms with Crippen molar-refractivity contribution in [2.75, 3.05) is 34.3 Å². The van der Waals surface area contributed by atoms with Crippen molar-refractivity contribution in [3.63, 3.8) is 0 Å². The number of aromatic nitrogens is 2. The number of hydrogen-bond donors (Lipinski definition) is 2. The van der Waals surface area contributed by atoms with E-state index in [1.54, 1.807) is 18.1 Å². The third-order valence-electron chi connectivity index (χ3n) is 5.38. The number of carbonyl (C=O) groups excluding carboxylic acids is 1. The Hall–Kier alpha value is -2.87. The van der Waals surface area contributed by atoms with Crippen LogP contribution < -0.4 is 14.9 Å². The number of ether oxygens (including phenoxy) is 1. The lowest BCUT2D eigenvalue weighted by atomic mass is 10.0. The lowest BCUT2D eigenvalue weighted by Crippen LogP contribution is -2.42. The highest BCUT2D eigenvalue weighted by atomic mass is 32.2. The van der Waals surface area contributed by atoms with Crippen LogP contribution in [0.4, 0.5) is 21.9 Å². The van der Waals surface area contributed by atoms with Crippen molar-refractivity contribution in [2.45, 2.75) is 45.3 Å². The van der Waals surface area contributed by atoms with Crippen molar-refractivity contribution >= 4 is 46.0 Å². The molecule has 1 aliphatic heterocycles. The Balaban J connectivity index is 1.47. The number of rotatable bonds is 5. The molecule has 1 atom stereocenters. The topological polar surface area (TPSA) is 71.4 Å². The summed E-state index contributed by atoms with van der Waals surface area (Å²) in [4.78, 5) is 14.9. The third-order valence-corrected chi connectivity index (χ3v) is 5.81. The molecular weight excluding hydrogens is 422 g/mol. The zero-order chi connectivity index (χ0) is 22.7. The van der Waals surface area contributed by atoms with Crippen LogP contribution in [-0.4, -0.2) is 46.9 Å². The number of hydrogen-bond acceptors (Lipinski definition) is 7. The maximum Gasteiger partial charge on any atom is 0.435 e. The first-order valence-electron chi connectivity index (χ1n) is 10.9. The molecule has 2 heterocycles. The molecule has 0 spiro atoms. The van der Waals surface area contributed by atoms with Gasteiger partial charge in [0.15, 0.2) is 0 Å². The van der Waals surface area contributed by atoms with Gasteiger partial charge in [-0.2, -0.15) is 9.78 Å². The highest BCUT2D eigenvalue weighted by Crippen LogP contribution is 2.30. The molecule has 1 saturated heterocycles. The first-order valence-corrected chi connectivity index (χ1v) is 12.2. The van der Waals surface area contributed by atoms with Crippen LogP contribution in [0.2, 0.25) is 0 Å². The van der Waals surface area contributed by atoms with E-state index in [1.807, 2.05) is 45.2 Å². The minimum absolute atomic E-state index is 0.337. The predicted molar refractivity (Wildman–Crippen MR) is 134 cm³/mol. The molecule has 1 fully saturated rings. The van der Waals surface area contributed by atoms with Crippen LogP contribution in [0.25, 0.3) is 10.9 Å². The minimum Gasteiger partial charge on any atom is -0.442 e. The molecule has 3 aromatic rings. The van der Waals surface area contributed by atoms with E-state index in [0.29, 0.717) is 6.04 Å². The molecule has 0 amide bonds. The van der Waals surface area contributed by atoms with E-state index in [1.165, 1.54) is 10.4 Å². The Morgan fingerprint density at radius 3 is 2.81 bits per heavy atom. The first kappa shape index (κ1) is 22.3. The van der Waals surface area contributed by atoms with Gasteiger partial charge in [0.25, 0.3) is 0 Å². The van der Waals surface area contributed by atoms with E-state index in [-0.39, 0.29) is 0 Å². The number of para-hydroxylation sites is 2. The molecule has 32 heavy (non-hydrogen) atoms. The quantitative estimate of drug-likeness (QED) is 0.488. The Kier molecular flexibility index (Phi) is 6.50. The van der Waals surface area contributed by atoms with Crippen LogP contribution in [0.1, 0.15) is 33.6 Å². The molecule has 1 aromatic heterocycles. The van der Waals surface area contributed by atoms with Gasteiger partial charge in [-0.15, -0.1) is 0 Å². The highest BCUT2D eigenvalue weighted by Gasteiger charge is 2.23. The molecule has 2 aromatic carbocycles. The van der Waals surface area contributed by atoms with Crippen molar-refractivity contribution in [1.82, 2.24) is 9.78 Å². The fourth-order valence-electron chi connectivity index (χ4n) is 4.07. The molecule has 0 aliphatic carbocycles. The molecule has 170 valence electrons. The second-order valence-corrected chi connectivity index (χ2v) is 9.68. The SMILES string of the molecule is CSNc1ccccc1N1CCCC(Nc2ccc3c(cnn3C(=O)OC(C)(C)C)c2)C1. The smallest absolute Gasteiger partial charge is 0.435 e. The van der Waals surface area contributed by atoms with Gasteiger partial charge in [0.2, 0.25) is 0 Å². The van der Waals surface area contributed by atoms with Gasteiger partial charge in [0.1, 0.15) is 5.60 Å². The van der Waals surface area contributed by atoms with E-state index in [0.717, 1.165) is 48.2 Å². The Morgan fingerprint density at radius 2 is 2.03 bits per heavy atom. The average Bonchev–Trinajstić information content (AvgIpc) is 3.17. The van der Waals surface area contributed by atoms with Crippen LogP contribution in [0.15, 0.2) is 48.7 Å². The summed E-state index contributed by atoms with van der Waals surface area (Å²) < 4.78 is 10.2. The maximum atomic E-state index is 12.4. The van der Waals surface area contributed by atoms with Crippen molar-refractivity contribution in [2.24, 2.45) is 0 Å². The van der Waals surface area contributed by atoms with E-state index in [2.05, 4.69) is 44.3 Å². The fourth-order valence-corrected chi connectivity index (χ4v) is 4.46. The van der Waals surface area contributed by atoms with Crippen LogP contribution in [-0.2, 0) is 4.74 Å². The van der Waals surface area contributed by atoms with Crippen molar-refractivity contribution in [3.8, 4) is 0 Å². The standard InChI is InChI=1S/C24H31N5O2S/c1-24(2,3)31-23(30)29-21-12-11-18(14-17(21)15-25-29)26-19-8-7-13-28(16-19)22-10-6-5-9-20(22)27-32-4/h5-6,9-12,14-15,19,26-27H,7-8,13,16H2,1-4H3. The molecule has 0 bridgehead atoms. The second-order valence-electron chi connectivity index (χ2n) is 9.06. The maximum absolute atomic E-state index is 12.4. The van der Waals surface area contributed by atoms with Gasteiger partial charge in [-0.25, -0.2) is 4.79 Å². The van der Waals surface area contributed by atoms with E-state index in [9.17, 15) is 4.79 Å². The van der Waals surface area contributed by atoms with Gasteiger partial charge in [-0.05, 0) is 63.9 Å². The largest absolute Gasteiger partial charge is 0.442 e. The summed E-state index contributed by atoms with van der Waals surface area (Å²) in [6.45, 7) is 7.53. The average molecular weight is 454 g/mol. The number of fused-ring (bicyclic) bond motifs is 1. The second kappa shape index (κ2) is 9.32. The lowest BCUT2D eigenvalue weighted by Gasteiger charge is -2.36. The van der Waals surface area contributed by atoms with Crippen LogP contribution >= 0.6 is 11.9 Å². The Bertz CT molecular complexity index is 1090. The summed E-state index contributed by atoms with van der Waals surface area (Å²) >= 11 is 1.61. The van der Waals surface area contributed by atoms with Gasteiger partial charge in [-0.3, -0.25) is 0 Å². The first-order chi connectivity index (χ1) is 15.3. The molecular formula is C24H31N5O2S. The molecule has 1 unspecified atom stereocenters. The lowest BCUT2D eigenvalue weighted by molar-refractivity contribution is 0.0522. The van der Waals surface area contributed by atoms with Crippen molar-refractivity contribution < 1.29 is 9.53 Å². The predicted octanol–water partition coefficient (Wildman–Crippen LogP) is 5.59. The molecule has 8 heteroatoms. The monoisotopic (exact) mass is 453 g/mol. The van der Waals surface area contributed by atoms with Gasteiger partial charge in [0, 0.05) is 36.5 Å². The van der Waals surface area contributed by atoms with E-state index < -0.39 is 11.7 Å². The van der Waals surface area contributed by atoms with E-state index >= 15 is 0 Å². The zero-order valence-corrected chi connectivity index (χ0v) is 19.9.